The minimum atomic E-state index is -0.146. The first-order valence-electron chi connectivity index (χ1n) is 7.01. The normalized spacial score (nSPS) is 13.2. The lowest BCUT2D eigenvalue weighted by Crippen LogP contribution is -2.41. The zero-order chi connectivity index (χ0) is 15.1. The fourth-order valence-electron chi connectivity index (χ4n) is 2.12. The molecule has 3 heteroatoms. The van der Waals surface area contributed by atoms with Gasteiger partial charge in [0, 0.05) is 5.56 Å². The number of carbonyl (C=O) groups is 1. The average molecular weight is 280 g/mol. The van der Waals surface area contributed by atoms with Gasteiger partial charge in [0.15, 0.2) is 0 Å². The fraction of sp³-hybridized carbons (Fsp3) is 0.167. The van der Waals surface area contributed by atoms with Gasteiger partial charge in [0.25, 0.3) is 5.91 Å². The van der Waals surface area contributed by atoms with Crippen LogP contribution in [0.15, 0.2) is 73.3 Å². The van der Waals surface area contributed by atoms with Crippen LogP contribution in [0, 0.1) is 5.92 Å². The molecule has 2 aromatic rings. The van der Waals surface area contributed by atoms with Gasteiger partial charge in [-0.3, -0.25) is 10.2 Å². The molecule has 2 N–H and O–H groups in total. The highest BCUT2D eigenvalue weighted by Gasteiger charge is 2.17. The van der Waals surface area contributed by atoms with Gasteiger partial charge in [-0.15, -0.1) is 6.58 Å². The van der Waals surface area contributed by atoms with E-state index in [0.717, 1.165) is 5.56 Å². The maximum Gasteiger partial charge on any atom is 0.265 e. The van der Waals surface area contributed by atoms with Crippen molar-refractivity contribution in [2.75, 3.05) is 0 Å². The molecule has 3 nitrogen and oxygen atoms in total. The zero-order valence-electron chi connectivity index (χ0n) is 12.1. The Morgan fingerprint density at radius 3 is 2.19 bits per heavy atom. The molecular weight excluding hydrogens is 260 g/mol. The summed E-state index contributed by atoms with van der Waals surface area (Å²) in [6.45, 7) is 5.90. The highest BCUT2D eigenvalue weighted by molar-refractivity contribution is 5.93. The van der Waals surface area contributed by atoms with Gasteiger partial charge in [0.05, 0.1) is 6.04 Å². The molecule has 0 spiro atoms. The lowest BCUT2D eigenvalue weighted by molar-refractivity contribution is 0.0921. The molecule has 0 fully saturated rings. The van der Waals surface area contributed by atoms with Gasteiger partial charge in [0.1, 0.15) is 0 Å². The van der Waals surface area contributed by atoms with E-state index in [0.29, 0.717) is 5.56 Å². The lowest BCUT2D eigenvalue weighted by atomic mass is 9.95. The van der Waals surface area contributed by atoms with Crippen molar-refractivity contribution in [1.82, 2.24) is 10.9 Å². The van der Waals surface area contributed by atoms with Gasteiger partial charge in [0.2, 0.25) is 0 Å². The van der Waals surface area contributed by atoms with Crippen LogP contribution in [-0.2, 0) is 0 Å². The molecule has 0 aromatic heterocycles. The quantitative estimate of drug-likeness (QED) is 0.628. The number of hydrazine groups is 1. The van der Waals surface area contributed by atoms with Crippen molar-refractivity contribution in [3.8, 4) is 0 Å². The van der Waals surface area contributed by atoms with Gasteiger partial charge in [-0.25, -0.2) is 5.43 Å². The third-order valence-electron chi connectivity index (χ3n) is 3.43. The minimum absolute atomic E-state index is 0.0173. The lowest BCUT2D eigenvalue weighted by Gasteiger charge is -2.23. The molecule has 0 saturated heterocycles. The first-order chi connectivity index (χ1) is 10.2. The summed E-state index contributed by atoms with van der Waals surface area (Å²) in [5, 5.41) is 0. The number of benzene rings is 2. The summed E-state index contributed by atoms with van der Waals surface area (Å²) >= 11 is 0. The summed E-state index contributed by atoms with van der Waals surface area (Å²) in [5.41, 5.74) is 7.63. The molecule has 2 aromatic carbocycles. The van der Waals surface area contributed by atoms with Gasteiger partial charge in [-0.1, -0.05) is 61.5 Å². The van der Waals surface area contributed by atoms with Crippen molar-refractivity contribution in [1.29, 1.82) is 0 Å². The standard InChI is InChI=1S/C18H20N2O/c1-3-14(2)17(15-10-6-4-7-11-15)19-20-18(21)16-12-8-5-9-13-16/h3-14,17,19H,1H2,2H3,(H,20,21)/t14?,17-/m0/s1. The van der Waals surface area contributed by atoms with E-state index in [2.05, 4.69) is 24.4 Å². The van der Waals surface area contributed by atoms with E-state index in [1.54, 1.807) is 12.1 Å². The highest BCUT2D eigenvalue weighted by Crippen LogP contribution is 2.21. The van der Waals surface area contributed by atoms with Gasteiger partial charge in [-0.2, -0.15) is 0 Å². The molecule has 2 atom stereocenters. The summed E-state index contributed by atoms with van der Waals surface area (Å²) in [6.07, 6.45) is 1.87. The molecule has 0 bridgehead atoms. The third-order valence-corrected chi connectivity index (χ3v) is 3.43. The second kappa shape index (κ2) is 7.41. The van der Waals surface area contributed by atoms with E-state index >= 15 is 0 Å². The second-order valence-electron chi connectivity index (χ2n) is 4.95. The van der Waals surface area contributed by atoms with Gasteiger partial charge >= 0.3 is 0 Å². The Hall–Kier alpha value is -2.39. The molecule has 0 aliphatic rings. The topological polar surface area (TPSA) is 41.1 Å². The van der Waals surface area contributed by atoms with Crippen LogP contribution < -0.4 is 10.9 Å². The monoisotopic (exact) mass is 280 g/mol. The highest BCUT2D eigenvalue weighted by atomic mass is 16.2. The van der Waals surface area contributed by atoms with Gasteiger partial charge in [-0.05, 0) is 23.6 Å². The fourth-order valence-corrected chi connectivity index (χ4v) is 2.12. The maximum atomic E-state index is 12.1. The zero-order valence-corrected chi connectivity index (χ0v) is 12.1. The van der Waals surface area contributed by atoms with Crippen molar-refractivity contribution in [3.05, 3.63) is 84.4 Å². The summed E-state index contributed by atoms with van der Waals surface area (Å²) in [4.78, 5) is 12.1. The van der Waals surface area contributed by atoms with Crippen LogP contribution in [0.5, 0.6) is 0 Å². The van der Waals surface area contributed by atoms with Crippen LogP contribution in [0.3, 0.4) is 0 Å². The first kappa shape index (κ1) is 15.0. The summed E-state index contributed by atoms with van der Waals surface area (Å²) in [7, 11) is 0. The molecule has 2 rings (SSSR count). The largest absolute Gasteiger partial charge is 0.287 e. The van der Waals surface area contributed by atoms with E-state index in [4.69, 9.17) is 0 Å². The number of rotatable bonds is 6. The van der Waals surface area contributed by atoms with Gasteiger partial charge < -0.3 is 0 Å². The van der Waals surface area contributed by atoms with Crippen LogP contribution >= 0.6 is 0 Å². The molecule has 0 radical (unpaired) electrons. The minimum Gasteiger partial charge on any atom is -0.287 e. The van der Waals surface area contributed by atoms with Crippen LogP contribution in [0.25, 0.3) is 0 Å². The maximum absolute atomic E-state index is 12.1. The smallest absolute Gasteiger partial charge is 0.265 e. The number of nitrogens with one attached hydrogen (secondary N) is 2. The van der Waals surface area contributed by atoms with Crippen LogP contribution in [0.1, 0.15) is 28.9 Å². The predicted octanol–water partition coefficient (Wildman–Crippen LogP) is 3.48. The predicted molar refractivity (Wildman–Crippen MR) is 85.6 cm³/mol. The Kier molecular flexibility index (Phi) is 5.29. The molecule has 1 amide bonds. The Labute approximate surface area is 125 Å². The van der Waals surface area contributed by atoms with E-state index in [-0.39, 0.29) is 17.9 Å². The van der Waals surface area contributed by atoms with Crippen molar-refractivity contribution in [2.45, 2.75) is 13.0 Å². The Morgan fingerprint density at radius 1 is 1.05 bits per heavy atom. The molecular formula is C18H20N2O. The first-order valence-corrected chi connectivity index (χ1v) is 7.01. The Bertz CT molecular complexity index is 581. The molecule has 0 saturated carbocycles. The van der Waals surface area contributed by atoms with Crippen molar-refractivity contribution in [2.24, 2.45) is 5.92 Å². The SMILES string of the molecule is C=CC(C)[C@H](NNC(=O)c1ccccc1)c1ccccc1. The summed E-state index contributed by atoms with van der Waals surface area (Å²) in [6, 6.07) is 19.1. The second-order valence-corrected chi connectivity index (χ2v) is 4.95. The van der Waals surface area contributed by atoms with Crippen molar-refractivity contribution >= 4 is 5.91 Å². The molecule has 108 valence electrons. The van der Waals surface area contributed by atoms with Crippen molar-refractivity contribution in [3.63, 3.8) is 0 Å². The summed E-state index contributed by atoms with van der Waals surface area (Å²) in [5.74, 6) is 0.0382. The van der Waals surface area contributed by atoms with E-state index in [1.807, 2.05) is 54.6 Å². The number of amides is 1. The Balaban J connectivity index is 2.06. The molecule has 21 heavy (non-hydrogen) atoms. The van der Waals surface area contributed by atoms with Crippen LogP contribution in [0.4, 0.5) is 0 Å². The molecule has 1 unspecified atom stereocenters. The molecule has 0 aliphatic carbocycles. The number of carbonyl (C=O) groups excluding carboxylic acids is 1. The molecule has 0 aliphatic heterocycles. The van der Waals surface area contributed by atoms with E-state index < -0.39 is 0 Å². The average Bonchev–Trinajstić information content (AvgIpc) is 2.56. The van der Waals surface area contributed by atoms with E-state index in [1.165, 1.54) is 0 Å². The third kappa shape index (κ3) is 4.04. The van der Waals surface area contributed by atoms with Crippen LogP contribution in [0.2, 0.25) is 0 Å². The van der Waals surface area contributed by atoms with E-state index in [9.17, 15) is 4.79 Å². The molecule has 0 heterocycles. The summed E-state index contributed by atoms with van der Waals surface area (Å²) < 4.78 is 0. The number of hydrogen-bond donors (Lipinski definition) is 2. The number of hydrogen-bond acceptors (Lipinski definition) is 2. The van der Waals surface area contributed by atoms with Crippen molar-refractivity contribution < 1.29 is 4.79 Å². The Morgan fingerprint density at radius 2 is 1.62 bits per heavy atom. The van der Waals surface area contributed by atoms with Crippen LogP contribution in [-0.4, -0.2) is 5.91 Å².